The molecule has 8 rings (SSSR count). The second-order valence-electron chi connectivity index (χ2n) is 10.2. The lowest BCUT2D eigenvalue weighted by Crippen LogP contribution is -2.91. The van der Waals surface area contributed by atoms with Gasteiger partial charge in [0.25, 0.3) is 0 Å². The normalized spacial score (nSPS) is 64.0. The van der Waals surface area contributed by atoms with Crippen molar-refractivity contribution < 1.29 is 29.6 Å². The zero-order valence-corrected chi connectivity index (χ0v) is 15.1. The van der Waals surface area contributed by atoms with E-state index in [1.807, 2.05) is 0 Å². The first-order valence-electron chi connectivity index (χ1n) is 9.79. The Kier molecular flexibility index (Phi) is 2.57. The highest BCUT2D eigenvalue weighted by molar-refractivity contribution is 6.05. The first-order valence-corrected chi connectivity index (χ1v) is 9.79. The SMILES string of the molecule is C=C1C(=O)[C@@]23[C@H]4OC5O[C@]2(O)[C@@H](O)[C@@H]2C(C)(C)CCC[C@]52[C@@H]3[C@@H](O)C[C@@H]14. The molecular weight excluding hydrogens is 336 g/mol. The maximum absolute atomic E-state index is 13.5. The van der Waals surface area contributed by atoms with Crippen molar-refractivity contribution >= 4 is 5.78 Å². The molecule has 8 aliphatic rings. The van der Waals surface area contributed by atoms with Gasteiger partial charge >= 0.3 is 0 Å². The fourth-order valence-electron chi connectivity index (χ4n) is 8.49. The van der Waals surface area contributed by atoms with Gasteiger partial charge in [-0.15, -0.1) is 0 Å². The van der Waals surface area contributed by atoms with Crippen molar-refractivity contribution in [3.63, 3.8) is 0 Å². The van der Waals surface area contributed by atoms with Crippen LogP contribution in [0.2, 0.25) is 0 Å². The number of carbonyl (C=O) groups is 1. The average Bonchev–Trinajstić information content (AvgIpc) is 2.70. The molecule has 0 amide bonds. The number of rotatable bonds is 0. The van der Waals surface area contributed by atoms with Crippen molar-refractivity contribution in [3.8, 4) is 0 Å². The zero-order chi connectivity index (χ0) is 18.4. The number of Topliss-reactive ketones (excluding diaryl/α,β-unsaturated/α-hetero) is 1. The van der Waals surface area contributed by atoms with E-state index in [1.54, 1.807) is 0 Å². The van der Waals surface area contributed by atoms with Crippen LogP contribution in [0, 0.1) is 34.0 Å². The van der Waals surface area contributed by atoms with Gasteiger partial charge in [0.15, 0.2) is 12.1 Å². The topological polar surface area (TPSA) is 96.2 Å². The largest absolute Gasteiger partial charge is 0.393 e. The summed E-state index contributed by atoms with van der Waals surface area (Å²) in [4.78, 5) is 13.5. The minimum absolute atomic E-state index is 0.249. The predicted octanol–water partition coefficient (Wildman–Crippen LogP) is 0.740. The number of ketones is 1. The highest BCUT2D eigenvalue weighted by atomic mass is 16.8. The van der Waals surface area contributed by atoms with Gasteiger partial charge in [0.05, 0.1) is 12.2 Å². The van der Waals surface area contributed by atoms with Gasteiger partial charge in [-0.3, -0.25) is 4.79 Å². The van der Waals surface area contributed by atoms with Crippen LogP contribution in [0.3, 0.4) is 0 Å². The summed E-state index contributed by atoms with van der Waals surface area (Å²) in [5, 5.41) is 34.3. The van der Waals surface area contributed by atoms with Gasteiger partial charge in [0.1, 0.15) is 11.5 Å². The molecule has 4 aliphatic heterocycles. The van der Waals surface area contributed by atoms with E-state index in [-0.39, 0.29) is 23.0 Å². The van der Waals surface area contributed by atoms with Gasteiger partial charge in [-0.05, 0) is 30.3 Å². The number of aliphatic hydroxyl groups excluding tert-OH is 2. The second kappa shape index (κ2) is 4.13. The molecule has 142 valence electrons. The molecule has 6 nitrogen and oxygen atoms in total. The van der Waals surface area contributed by atoms with Crippen molar-refractivity contribution in [1.82, 2.24) is 0 Å². The molecule has 4 aliphatic carbocycles. The quantitative estimate of drug-likeness (QED) is 0.550. The van der Waals surface area contributed by atoms with Crippen LogP contribution < -0.4 is 0 Å². The van der Waals surface area contributed by atoms with E-state index in [0.717, 1.165) is 19.3 Å². The van der Waals surface area contributed by atoms with E-state index in [2.05, 4.69) is 20.4 Å². The van der Waals surface area contributed by atoms with E-state index in [1.165, 1.54) is 0 Å². The second-order valence-corrected chi connectivity index (χ2v) is 10.2. The lowest BCUT2D eigenvalue weighted by molar-refractivity contribution is -0.554. The average molecular weight is 362 g/mol. The molecule has 4 saturated carbocycles. The third kappa shape index (κ3) is 1.21. The van der Waals surface area contributed by atoms with E-state index in [9.17, 15) is 20.1 Å². The molecule has 8 fully saturated rings. The van der Waals surface area contributed by atoms with Gasteiger partial charge in [0.2, 0.25) is 5.79 Å². The third-order valence-corrected chi connectivity index (χ3v) is 9.04. The van der Waals surface area contributed by atoms with Crippen molar-refractivity contribution in [2.24, 2.45) is 34.0 Å². The molecule has 26 heavy (non-hydrogen) atoms. The number of aliphatic hydroxyl groups is 3. The summed E-state index contributed by atoms with van der Waals surface area (Å²) in [5.41, 5.74) is -1.95. The molecule has 2 spiro atoms. The Morgan fingerprint density at radius 3 is 2.65 bits per heavy atom. The van der Waals surface area contributed by atoms with Crippen molar-refractivity contribution in [3.05, 3.63) is 12.2 Å². The van der Waals surface area contributed by atoms with Crippen LogP contribution in [0.15, 0.2) is 12.2 Å². The van der Waals surface area contributed by atoms with Gasteiger partial charge in [0, 0.05) is 23.2 Å². The Labute approximate surface area is 152 Å². The Hall–Kier alpha value is -0.790. The van der Waals surface area contributed by atoms with Gasteiger partial charge in [-0.25, -0.2) is 0 Å². The molecule has 7 bridgehead atoms. The maximum atomic E-state index is 13.5. The number of ether oxygens (including phenoxy) is 2. The summed E-state index contributed by atoms with van der Waals surface area (Å²) < 4.78 is 12.3. The van der Waals surface area contributed by atoms with Gasteiger partial charge in [-0.2, -0.15) is 0 Å². The third-order valence-electron chi connectivity index (χ3n) is 9.04. The Balaban J connectivity index is 1.70. The first kappa shape index (κ1) is 16.2. The lowest BCUT2D eigenvalue weighted by Gasteiger charge is -2.79. The summed E-state index contributed by atoms with van der Waals surface area (Å²) in [6.07, 6.45) is -0.195. The number of hydrogen-bond donors (Lipinski definition) is 3. The van der Waals surface area contributed by atoms with Crippen molar-refractivity contribution in [1.29, 1.82) is 0 Å². The maximum Gasteiger partial charge on any atom is 0.211 e. The molecule has 3 N–H and O–H groups in total. The summed E-state index contributed by atoms with van der Waals surface area (Å²) in [7, 11) is 0. The van der Waals surface area contributed by atoms with Crippen LogP contribution in [0.5, 0.6) is 0 Å². The van der Waals surface area contributed by atoms with Crippen LogP contribution >= 0.6 is 0 Å². The van der Waals surface area contributed by atoms with E-state index in [4.69, 9.17) is 9.47 Å². The number of carbonyl (C=O) groups excluding carboxylic acids is 1. The summed E-state index contributed by atoms with van der Waals surface area (Å²) in [6.45, 7) is 8.16. The predicted molar refractivity (Wildman–Crippen MR) is 88.4 cm³/mol. The number of hydrogen-bond acceptors (Lipinski definition) is 6. The van der Waals surface area contributed by atoms with Crippen LogP contribution in [0.1, 0.15) is 39.5 Å². The zero-order valence-electron chi connectivity index (χ0n) is 15.1. The fraction of sp³-hybridized carbons (Fsp3) is 0.850. The molecule has 0 aromatic carbocycles. The van der Waals surface area contributed by atoms with E-state index >= 15 is 0 Å². The molecule has 6 heteroatoms. The molecule has 10 atom stereocenters. The van der Waals surface area contributed by atoms with Crippen LogP contribution in [0.4, 0.5) is 0 Å². The lowest BCUT2D eigenvalue weighted by atomic mass is 9.34. The minimum atomic E-state index is -2.03. The van der Waals surface area contributed by atoms with Gasteiger partial charge in [-0.1, -0.05) is 26.8 Å². The minimum Gasteiger partial charge on any atom is -0.393 e. The first-order chi connectivity index (χ1) is 12.1. The molecule has 0 aromatic heterocycles. The summed E-state index contributed by atoms with van der Waals surface area (Å²) >= 11 is 0. The van der Waals surface area contributed by atoms with Crippen LogP contribution in [-0.2, 0) is 14.3 Å². The van der Waals surface area contributed by atoms with Gasteiger partial charge < -0.3 is 24.8 Å². The highest BCUT2D eigenvalue weighted by Gasteiger charge is 2.92. The molecule has 4 saturated heterocycles. The molecule has 4 heterocycles. The fourth-order valence-corrected chi connectivity index (χ4v) is 8.49. The summed E-state index contributed by atoms with van der Waals surface area (Å²) in [5.74, 6) is -3.38. The Bertz CT molecular complexity index is 761. The smallest absolute Gasteiger partial charge is 0.211 e. The van der Waals surface area contributed by atoms with E-state index < -0.39 is 47.1 Å². The standard InChI is InChI=1S/C20H26O6/c1-8-9-7-10(21)11-18-6-4-5-17(2,3)12(18)14(23)20(24)19(11,13(8)22)15(9)25-16(18)26-20/h9-12,14-16,21,23-24H,1,4-7H2,2-3H3/t9-,10-,11-,12+,14-,15-,16?,18+,19-,20+/m0/s1. The van der Waals surface area contributed by atoms with Crippen molar-refractivity contribution in [2.75, 3.05) is 0 Å². The summed E-state index contributed by atoms with van der Waals surface area (Å²) in [6, 6.07) is 0. The van der Waals surface area contributed by atoms with Crippen molar-refractivity contribution in [2.45, 2.75) is 69.9 Å². The molecule has 0 aromatic rings. The monoisotopic (exact) mass is 362 g/mol. The van der Waals surface area contributed by atoms with Crippen LogP contribution in [0.25, 0.3) is 0 Å². The molecule has 0 radical (unpaired) electrons. The highest BCUT2D eigenvalue weighted by Crippen LogP contribution is 2.81. The molecule has 1 unspecified atom stereocenters. The Morgan fingerprint density at radius 2 is 1.92 bits per heavy atom. The van der Waals surface area contributed by atoms with Crippen LogP contribution in [-0.4, -0.2) is 51.5 Å². The molecular formula is C20H26O6. The Morgan fingerprint density at radius 1 is 1.19 bits per heavy atom. The van der Waals surface area contributed by atoms with E-state index in [0.29, 0.717) is 12.0 Å².